The molecule has 0 saturated heterocycles. The molecule has 1 fully saturated rings. The molecule has 0 atom stereocenters. The highest BCUT2D eigenvalue weighted by Gasteiger charge is 2.30. The van der Waals surface area contributed by atoms with E-state index in [9.17, 15) is 0 Å². The summed E-state index contributed by atoms with van der Waals surface area (Å²) < 4.78 is 0. The van der Waals surface area contributed by atoms with Crippen molar-refractivity contribution in [1.82, 2.24) is 10.3 Å². The highest BCUT2D eigenvalue weighted by atomic mass is 14.9. The van der Waals surface area contributed by atoms with E-state index in [1.807, 2.05) is 12.3 Å². The fraction of sp³-hybridized carbons (Fsp3) is 0.375. The van der Waals surface area contributed by atoms with Gasteiger partial charge in [0.05, 0.1) is 11.4 Å². The molecule has 1 aliphatic heterocycles. The number of fused-ring (bicyclic) bond motifs is 4. The molecule has 0 spiro atoms. The van der Waals surface area contributed by atoms with Gasteiger partial charge in [0.2, 0.25) is 0 Å². The first-order valence-electron chi connectivity index (χ1n) is 10.1. The highest BCUT2D eigenvalue weighted by Crippen LogP contribution is 2.43. The SMILES string of the molecule is C=C1NC2=C(Cc3c(CCCCCC4CC4)cccc32)c2ncccc21. The van der Waals surface area contributed by atoms with Gasteiger partial charge in [0.1, 0.15) is 0 Å². The number of rotatable bonds is 6. The zero-order valence-corrected chi connectivity index (χ0v) is 15.4. The smallest absolute Gasteiger partial charge is 0.0778 e. The van der Waals surface area contributed by atoms with E-state index in [0.29, 0.717) is 0 Å². The fourth-order valence-corrected chi connectivity index (χ4v) is 4.52. The number of nitrogens with zero attached hydrogens (tertiary/aromatic N) is 1. The number of aryl methyl sites for hydroxylation is 1. The summed E-state index contributed by atoms with van der Waals surface area (Å²) in [6.07, 6.45) is 12.6. The molecular formula is C24H26N2. The second kappa shape index (κ2) is 6.42. The van der Waals surface area contributed by atoms with Crippen molar-refractivity contribution in [2.75, 3.05) is 0 Å². The summed E-state index contributed by atoms with van der Waals surface area (Å²) in [5.74, 6) is 1.07. The van der Waals surface area contributed by atoms with E-state index in [0.717, 1.165) is 29.3 Å². The maximum Gasteiger partial charge on any atom is 0.0778 e. The van der Waals surface area contributed by atoms with Crippen LogP contribution in [-0.2, 0) is 12.8 Å². The minimum absolute atomic E-state index is 0.963. The molecule has 1 aromatic heterocycles. The second-order valence-corrected chi connectivity index (χ2v) is 8.02. The average Bonchev–Trinajstić information content (AvgIpc) is 3.42. The third kappa shape index (κ3) is 2.78. The van der Waals surface area contributed by atoms with Crippen LogP contribution in [0.4, 0.5) is 0 Å². The molecule has 2 aliphatic carbocycles. The molecule has 1 saturated carbocycles. The van der Waals surface area contributed by atoms with E-state index < -0.39 is 0 Å². The first kappa shape index (κ1) is 15.9. The Hall–Kier alpha value is -2.35. The highest BCUT2D eigenvalue weighted by molar-refractivity contribution is 6.03. The van der Waals surface area contributed by atoms with Crippen LogP contribution < -0.4 is 5.32 Å². The first-order valence-corrected chi connectivity index (χ1v) is 10.1. The zero-order chi connectivity index (χ0) is 17.5. The molecule has 2 heteroatoms. The average molecular weight is 342 g/mol. The Morgan fingerprint density at radius 2 is 1.92 bits per heavy atom. The van der Waals surface area contributed by atoms with Crippen LogP contribution in [0.1, 0.15) is 66.5 Å². The summed E-state index contributed by atoms with van der Waals surface area (Å²) in [6, 6.07) is 10.9. The van der Waals surface area contributed by atoms with Crippen molar-refractivity contribution in [2.24, 2.45) is 5.92 Å². The maximum absolute atomic E-state index is 4.68. The lowest BCUT2D eigenvalue weighted by atomic mass is 9.96. The molecule has 0 amide bonds. The third-order valence-electron chi connectivity index (χ3n) is 6.15. The quantitative estimate of drug-likeness (QED) is 0.692. The van der Waals surface area contributed by atoms with Crippen LogP contribution in [0.5, 0.6) is 0 Å². The minimum atomic E-state index is 0.963. The van der Waals surface area contributed by atoms with Gasteiger partial charge >= 0.3 is 0 Å². The van der Waals surface area contributed by atoms with Gasteiger partial charge in [-0.1, -0.05) is 56.9 Å². The molecule has 2 nitrogen and oxygen atoms in total. The predicted octanol–water partition coefficient (Wildman–Crippen LogP) is 5.59. The standard InChI is InChI=1S/C24H26N2/c1-16-19-11-6-14-25-23(19)22-15-21-18(8-4-2-3-7-17-12-13-17)9-5-10-20(21)24(22)26-16/h5-6,9-11,14,17,26H,1-4,7-8,12-13,15H2. The molecule has 132 valence electrons. The summed E-state index contributed by atoms with van der Waals surface area (Å²) in [5.41, 5.74) is 10.2. The lowest BCUT2D eigenvalue weighted by Gasteiger charge is -2.21. The van der Waals surface area contributed by atoms with Gasteiger partial charge in [0.25, 0.3) is 0 Å². The Morgan fingerprint density at radius 1 is 1.04 bits per heavy atom. The number of hydrogen-bond acceptors (Lipinski definition) is 2. The Balaban J connectivity index is 1.36. The van der Waals surface area contributed by atoms with Gasteiger partial charge < -0.3 is 5.32 Å². The summed E-state index contributed by atoms with van der Waals surface area (Å²) in [5, 5.41) is 3.56. The predicted molar refractivity (Wildman–Crippen MR) is 108 cm³/mol. The number of unbranched alkanes of at least 4 members (excludes halogenated alkanes) is 2. The van der Waals surface area contributed by atoms with Gasteiger partial charge in [0.15, 0.2) is 0 Å². The van der Waals surface area contributed by atoms with Crippen LogP contribution >= 0.6 is 0 Å². The van der Waals surface area contributed by atoms with Crippen molar-refractivity contribution in [3.05, 3.63) is 71.1 Å². The number of hydrogen-bond donors (Lipinski definition) is 1. The van der Waals surface area contributed by atoms with Gasteiger partial charge in [0, 0.05) is 35.0 Å². The molecule has 2 aromatic rings. The number of aromatic nitrogens is 1. The molecule has 0 bridgehead atoms. The van der Waals surface area contributed by atoms with Crippen molar-refractivity contribution in [3.63, 3.8) is 0 Å². The summed E-state index contributed by atoms with van der Waals surface area (Å²) in [7, 11) is 0. The minimum Gasteiger partial charge on any atom is -0.355 e. The second-order valence-electron chi connectivity index (χ2n) is 8.02. The molecule has 5 rings (SSSR count). The van der Waals surface area contributed by atoms with Crippen molar-refractivity contribution >= 4 is 17.0 Å². The van der Waals surface area contributed by atoms with Gasteiger partial charge in [-0.3, -0.25) is 4.98 Å². The summed E-state index contributed by atoms with van der Waals surface area (Å²) in [4.78, 5) is 4.68. The third-order valence-corrected chi connectivity index (χ3v) is 6.15. The number of pyridine rings is 1. The van der Waals surface area contributed by atoms with Gasteiger partial charge in [-0.25, -0.2) is 0 Å². The Labute approximate surface area is 156 Å². The molecule has 0 radical (unpaired) electrons. The van der Waals surface area contributed by atoms with Crippen LogP contribution in [0.2, 0.25) is 0 Å². The van der Waals surface area contributed by atoms with Gasteiger partial charge in [-0.15, -0.1) is 0 Å². The van der Waals surface area contributed by atoms with Gasteiger partial charge in [-0.2, -0.15) is 0 Å². The number of nitrogens with one attached hydrogen (secondary N) is 1. The molecule has 3 aliphatic rings. The van der Waals surface area contributed by atoms with Crippen LogP contribution in [0.25, 0.3) is 17.0 Å². The van der Waals surface area contributed by atoms with Crippen molar-refractivity contribution < 1.29 is 0 Å². The maximum atomic E-state index is 4.68. The molecule has 1 aromatic carbocycles. The number of allylic oxidation sites excluding steroid dienone is 1. The van der Waals surface area contributed by atoms with E-state index in [1.165, 1.54) is 72.9 Å². The van der Waals surface area contributed by atoms with E-state index in [2.05, 4.69) is 41.1 Å². The fourth-order valence-electron chi connectivity index (χ4n) is 4.52. The lowest BCUT2D eigenvalue weighted by molar-refractivity contribution is 0.602. The monoisotopic (exact) mass is 342 g/mol. The van der Waals surface area contributed by atoms with Crippen LogP contribution in [0.3, 0.4) is 0 Å². The first-order chi connectivity index (χ1) is 12.8. The van der Waals surface area contributed by atoms with Crippen LogP contribution in [-0.4, -0.2) is 4.98 Å². The summed E-state index contributed by atoms with van der Waals surface area (Å²) in [6.45, 7) is 4.22. The van der Waals surface area contributed by atoms with Crippen LogP contribution in [0, 0.1) is 5.92 Å². The topological polar surface area (TPSA) is 24.9 Å². The lowest BCUT2D eigenvalue weighted by Crippen LogP contribution is -2.17. The van der Waals surface area contributed by atoms with Crippen molar-refractivity contribution in [3.8, 4) is 0 Å². The Bertz CT molecular complexity index is 902. The number of benzene rings is 1. The van der Waals surface area contributed by atoms with Crippen molar-refractivity contribution in [2.45, 2.75) is 51.4 Å². The Morgan fingerprint density at radius 3 is 2.81 bits per heavy atom. The molecule has 0 unspecified atom stereocenters. The Kier molecular flexibility index (Phi) is 3.92. The van der Waals surface area contributed by atoms with Crippen LogP contribution in [0.15, 0.2) is 43.1 Å². The van der Waals surface area contributed by atoms with Gasteiger partial charge in [-0.05, 0) is 42.0 Å². The van der Waals surface area contributed by atoms with E-state index in [4.69, 9.17) is 0 Å². The largest absolute Gasteiger partial charge is 0.355 e. The molecule has 1 N–H and O–H groups in total. The van der Waals surface area contributed by atoms with E-state index >= 15 is 0 Å². The van der Waals surface area contributed by atoms with Crippen molar-refractivity contribution in [1.29, 1.82) is 0 Å². The summed E-state index contributed by atoms with van der Waals surface area (Å²) >= 11 is 0. The molecule has 26 heavy (non-hydrogen) atoms. The normalized spacial score (nSPS) is 17.6. The molecular weight excluding hydrogens is 316 g/mol. The van der Waals surface area contributed by atoms with E-state index in [1.54, 1.807) is 0 Å². The zero-order valence-electron chi connectivity index (χ0n) is 15.4. The molecule has 2 heterocycles. The van der Waals surface area contributed by atoms with E-state index in [-0.39, 0.29) is 0 Å².